The van der Waals surface area contributed by atoms with Gasteiger partial charge in [0.1, 0.15) is 59.8 Å². The average Bonchev–Trinajstić information content (AvgIpc) is 2.95. The van der Waals surface area contributed by atoms with Crippen molar-refractivity contribution in [2.24, 2.45) is 0 Å². The molecule has 0 aromatic heterocycles. The zero-order valence-electron chi connectivity index (χ0n) is 21.2. The normalized spacial score (nSPS) is 35.1. The predicted octanol–water partition coefficient (Wildman–Crippen LogP) is -2.23. The van der Waals surface area contributed by atoms with Crippen LogP contribution in [0.3, 0.4) is 0 Å². The molecule has 11 N–H and O–H groups in total. The van der Waals surface area contributed by atoms with Gasteiger partial charge in [0.25, 0.3) is 11.9 Å². The second-order valence-electron chi connectivity index (χ2n) is 9.89. The van der Waals surface area contributed by atoms with Crippen LogP contribution in [0.2, 0.25) is 0 Å². The molecular weight excluding hydrogens is 552 g/mol. The number of aromatic hydroxyl groups is 4. The minimum atomic E-state index is -1.75. The van der Waals surface area contributed by atoms with Crippen LogP contribution in [0.4, 0.5) is 0 Å². The van der Waals surface area contributed by atoms with Crippen molar-refractivity contribution in [3.63, 3.8) is 0 Å². The summed E-state index contributed by atoms with van der Waals surface area (Å²) in [6.45, 7) is -1.05. The summed E-state index contributed by atoms with van der Waals surface area (Å²) in [6, 6.07) is 6.31. The molecule has 0 radical (unpaired) electrons. The molecule has 10 unspecified atom stereocenters. The first-order valence-corrected chi connectivity index (χ1v) is 12.6. The smallest absolute Gasteiger partial charge is 0.270 e. The maximum Gasteiger partial charge on any atom is 0.270 e. The number of aliphatic hydroxyl groups excluding tert-OH is 7. The van der Waals surface area contributed by atoms with E-state index in [4.69, 9.17) is 18.9 Å². The minimum Gasteiger partial charge on any atom is -0.571 e. The molecule has 15 heteroatoms. The fourth-order valence-electron chi connectivity index (χ4n) is 4.73. The average molecular weight is 584 g/mol. The van der Waals surface area contributed by atoms with E-state index in [9.17, 15) is 51.1 Å². The van der Waals surface area contributed by atoms with Crippen LogP contribution in [0.5, 0.6) is 28.7 Å². The van der Waals surface area contributed by atoms with E-state index in [1.165, 1.54) is 30.3 Å². The van der Waals surface area contributed by atoms with Gasteiger partial charge in [-0.1, -0.05) is 0 Å². The van der Waals surface area contributed by atoms with Crippen molar-refractivity contribution >= 4 is 6.08 Å². The third kappa shape index (κ3) is 5.59. The van der Waals surface area contributed by atoms with Gasteiger partial charge < -0.3 is 74.7 Å². The first-order valence-electron chi connectivity index (χ1n) is 12.6. The Balaban J connectivity index is 1.53. The molecule has 224 valence electrons. The van der Waals surface area contributed by atoms with Crippen LogP contribution in [-0.4, -0.2) is 124 Å². The highest BCUT2D eigenvalue weighted by Gasteiger charge is 2.46. The van der Waals surface area contributed by atoms with Gasteiger partial charge in [-0.2, -0.15) is 0 Å². The molecule has 0 spiro atoms. The molecule has 0 saturated carbocycles. The van der Waals surface area contributed by atoms with Crippen molar-refractivity contribution < 1.29 is 74.7 Å². The molecule has 5 rings (SSSR count). The first kappa shape index (κ1) is 29.1. The monoisotopic (exact) mass is 583 g/mol. The lowest BCUT2D eigenvalue weighted by Gasteiger charge is -2.40. The lowest BCUT2D eigenvalue weighted by molar-refractivity contribution is -0.277. The molecule has 15 nitrogen and oxygen atoms in total. The number of benzene rings is 2. The van der Waals surface area contributed by atoms with E-state index in [1.807, 2.05) is 0 Å². The quantitative estimate of drug-likeness (QED) is 0.128. The first-order chi connectivity index (χ1) is 19.5. The predicted molar refractivity (Wildman–Crippen MR) is 134 cm³/mol. The van der Waals surface area contributed by atoms with Crippen LogP contribution in [0.15, 0.2) is 36.1 Å². The molecule has 3 aliphatic rings. The topological polar surface area (TPSA) is 252 Å². The van der Waals surface area contributed by atoms with Gasteiger partial charge >= 0.3 is 0 Å². The fraction of sp³-hybridized carbons (Fsp3) is 0.462. The lowest BCUT2D eigenvalue weighted by atomic mass is 9.99. The summed E-state index contributed by atoms with van der Waals surface area (Å²) in [4.78, 5) is 0. The van der Waals surface area contributed by atoms with E-state index in [2.05, 4.69) is 4.74 Å². The van der Waals surface area contributed by atoms with Crippen LogP contribution in [0.1, 0.15) is 17.2 Å². The standard InChI is InChI=1S/C26H30O15/c27-7-18-20(33)21(34)23(36)26(41-18)39-16-5-10(28)4-15-11(16)6-17(40-25-22(35)19(32)14(31)8-37-25)24(38-15)9-1-2-12(29)13(30)3-9/h1-6,14,18-36H,7-8H2/p+1. The summed E-state index contributed by atoms with van der Waals surface area (Å²) in [5.74, 6) is -1.18. The van der Waals surface area contributed by atoms with Crippen molar-refractivity contribution in [3.05, 3.63) is 47.2 Å². The Morgan fingerprint density at radius 2 is 1.54 bits per heavy atom. The fourth-order valence-corrected chi connectivity index (χ4v) is 4.73. The largest absolute Gasteiger partial charge is 0.571 e. The Morgan fingerprint density at radius 3 is 2.24 bits per heavy atom. The van der Waals surface area contributed by atoms with Crippen LogP contribution in [-0.2, 0) is 14.2 Å². The molecule has 2 aromatic rings. The Labute approximate surface area is 231 Å². The third-order valence-corrected chi connectivity index (χ3v) is 7.04. The molecule has 10 atom stereocenters. The summed E-state index contributed by atoms with van der Waals surface area (Å²) < 4.78 is 27.0. The van der Waals surface area contributed by atoms with E-state index in [0.29, 0.717) is 5.56 Å². The summed E-state index contributed by atoms with van der Waals surface area (Å²) in [5, 5.41) is 101. The molecule has 2 fully saturated rings. The summed E-state index contributed by atoms with van der Waals surface area (Å²) in [7, 11) is 0. The summed E-state index contributed by atoms with van der Waals surface area (Å²) in [6.07, 6.45) is -13.7. The van der Waals surface area contributed by atoms with E-state index in [-0.39, 0.29) is 35.2 Å². The highest BCUT2D eigenvalue weighted by Crippen LogP contribution is 2.47. The van der Waals surface area contributed by atoms with Gasteiger partial charge in [0.05, 0.1) is 24.8 Å². The Bertz CT molecular complexity index is 1280. The molecular formula is C26H31O15+. The molecule has 41 heavy (non-hydrogen) atoms. The number of phenols is 3. The van der Waals surface area contributed by atoms with Crippen molar-refractivity contribution in [3.8, 4) is 28.7 Å². The number of aliphatic hydroxyl groups is 8. The number of rotatable bonds is 6. The van der Waals surface area contributed by atoms with E-state index >= 15 is 0 Å². The van der Waals surface area contributed by atoms with Gasteiger partial charge in [0.15, 0.2) is 17.3 Å². The van der Waals surface area contributed by atoms with Crippen molar-refractivity contribution in [2.75, 3.05) is 13.2 Å². The van der Waals surface area contributed by atoms with Gasteiger partial charge in [0.2, 0.25) is 12.6 Å². The maximum atomic E-state index is 10.4. The molecule has 3 aliphatic heterocycles. The van der Waals surface area contributed by atoms with E-state index < -0.39 is 79.5 Å². The van der Waals surface area contributed by atoms with E-state index in [0.717, 1.165) is 6.07 Å². The van der Waals surface area contributed by atoms with Gasteiger partial charge in [-0.05, 0) is 18.2 Å². The SMILES string of the molecule is OCC1OC(Oc2cc(O)cc3c2C=C(OC2OCC(O)C(O)C2O)C(c2ccc(O)c(O)c2)[OH+]3)C(O)C(O)C1O. The number of ether oxygens (including phenoxy) is 5. The van der Waals surface area contributed by atoms with Gasteiger partial charge in [0, 0.05) is 12.1 Å². The number of hydrogen-bond donors (Lipinski definition) is 10. The Morgan fingerprint density at radius 1 is 0.805 bits per heavy atom. The summed E-state index contributed by atoms with van der Waals surface area (Å²) >= 11 is 0. The van der Waals surface area contributed by atoms with Crippen LogP contribution in [0, 0.1) is 0 Å². The lowest BCUT2D eigenvalue weighted by Crippen LogP contribution is -2.60. The highest BCUT2D eigenvalue weighted by atomic mass is 16.7. The van der Waals surface area contributed by atoms with Gasteiger partial charge in [-0.3, -0.25) is 0 Å². The van der Waals surface area contributed by atoms with Crippen molar-refractivity contribution in [2.45, 2.75) is 61.4 Å². The molecule has 0 amide bonds. The van der Waals surface area contributed by atoms with Crippen LogP contribution in [0.25, 0.3) is 6.08 Å². The Hall–Kier alpha value is -3.38. The number of fused-ring (bicyclic) bond motifs is 1. The van der Waals surface area contributed by atoms with E-state index in [1.54, 1.807) is 0 Å². The number of phenolic OH excluding ortho intramolecular Hbond substituents is 3. The van der Waals surface area contributed by atoms with Crippen molar-refractivity contribution in [1.29, 1.82) is 0 Å². The molecule has 0 aliphatic carbocycles. The maximum absolute atomic E-state index is 10.4. The minimum absolute atomic E-state index is 0.0143. The zero-order chi connectivity index (χ0) is 29.6. The molecule has 3 heterocycles. The molecule has 2 saturated heterocycles. The van der Waals surface area contributed by atoms with Gasteiger partial charge in [-0.25, -0.2) is 0 Å². The third-order valence-electron chi connectivity index (χ3n) is 7.04. The highest BCUT2D eigenvalue weighted by molar-refractivity contribution is 5.70. The summed E-state index contributed by atoms with van der Waals surface area (Å²) in [5.41, 5.74) is 0.475. The van der Waals surface area contributed by atoms with Gasteiger partial charge in [-0.15, -0.1) is 0 Å². The Kier molecular flexibility index (Phi) is 8.15. The van der Waals surface area contributed by atoms with Crippen LogP contribution >= 0.6 is 0 Å². The number of hydrogen-bond acceptors (Lipinski definition) is 14. The second-order valence-corrected chi connectivity index (χ2v) is 9.89. The molecule has 0 bridgehead atoms. The second kappa shape index (κ2) is 11.5. The van der Waals surface area contributed by atoms with Crippen LogP contribution < -0.4 is 4.74 Å². The molecule has 2 aromatic carbocycles. The zero-order valence-corrected chi connectivity index (χ0v) is 21.2. The van der Waals surface area contributed by atoms with Crippen molar-refractivity contribution in [1.82, 2.24) is 0 Å².